The van der Waals surface area contributed by atoms with Crippen LogP contribution in [-0.4, -0.2) is 25.1 Å². The molecule has 0 atom stereocenters. The Bertz CT molecular complexity index is 1050. The van der Waals surface area contributed by atoms with Crippen molar-refractivity contribution in [2.45, 2.75) is 6.92 Å². The van der Waals surface area contributed by atoms with Gasteiger partial charge in [-0.2, -0.15) is 5.26 Å². The van der Waals surface area contributed by atoms with Gasteiger partial charge in [0.1, 0.15) is 5.75 Å². The minimum atomic E-state index is -0.400. The van der Waals surface area contributed by atoms with Crippen LogP contribution in [0.3, 0.4) is 0 Å². The third-order valence-electron chi connectivity index (χ3n) is 4.25. The standard InChI is InChI=1S/C24H20N2O4/c1-2-29-24(28)20-7-11-21(12-8-20)26-23(27)16-30-22-13-9-19(10-14-22)18-5-3-17(15-25)4-6-18/h3-14H,2,16H2,1H3,(H,26,27). The van der Waals surface area contributed by atoms with Gasteiger partial charge in [0, 0.05) is 5.69 Å². The molecule has 3 aromatic rings. The first-order chi connectivity index (χ1) is 14.6. The summed E-state index contributed by atoms with van der Waals surface area (Å²) in [6, 6.07) is 23.2. The van der Waals surface area contributed by atoms with Crippen LogP contribution in [0.25, 0.3) is 11.1 Å². The van der Waals surface area contributed by atoms with Crippen LogP contribution < -0.4 is 10.1 Å². The van der Waals surface area contributed by atoms with Gasteiger partial charge in [0.05, 0.1) is 23.8 Å². The van der Waals surface area contributed by atoms with E-state index < -0.39 is 5.97 Å². The maximum atomic E-state index is 12.1. The summed E-state index contributed by atoms with van der Waals surface area (Å²) in [6.45, 7) is 1.91. The van der Waals surface area contributed by atoms with Gasteiger partial charge in [0.2, 0.25) is 0 Å². The van der Waals surface area contributed by atoms with Crippen LogP contribution >= 0.6 is 0 Å². The molecule has 30 heavy (non-hydrogen) atoms. The van der Waals surface area contributed by atoms with E-state index in [0.717, 1.165) is 11.1 Å². The molecule has 0 radical (unpaired) electrons. The molecule has 0 aliphatic carbocycles. The van der Waals surface area contributed by atoms with Gasteiger partial charge >= 0.3 is 5.97 Å². The van der Waals surface area contributed by atoms with E-state index in [4.69, 9.17) is 14.7 Å². The van der Waals surface area contributed by atoms with Crippen molar-refractivity contribution in [1.29, 1.82) is 5.26 Å². The molecule has 1 N–H and O–H groups in total. The summed E-state index contributed by atoms with van der Waals surface area (Å²) in [5.74, 6) is -0.140. The number of nitrogens with one attached hydrogen (secondary N) is 1. The van der Waals surface area contributed by atoms with Gasteiger partial charge in [-0.25, -0.2) is 4.79 Å². The van der Waals surface area contributed by atoms with Gasteiger partial charge in [0.15, 0.2) is 6.61 Å². The Morgan fingerprint density at radius 2 is 1.50 bits per heavy atom. The van der Waals surface area contributed by atoms with Gasteiger partial charge in [-0.3, -0.25) is 4.79 Å². The zero-order valence-electron chi connectivity index (χ0n) is 16.4. The molecule has 0 aliphatic heterocycles. The molecule has 0 spiro atoms. The number of rotatable bonds is 7. The van der Waals surface area contributed by atoms with Crippen LogP contribution in [0.4, 0.5) is 5.69 Å². The molecule has 0 bridgehead atoms. The lowest BCUT2D eigenvalue weighted by atomic mass is 10.0. The fourth-order valence-corrected chi connectivity index (χ4v) is 2.73. The maximum absolute atomic E-state index is 12.1. The zero-order valence-corrected chi connectivity index (χ0v) is 16.4. The Morgan fingerprint density at radius 3 is 2.07 bits per heavy atom. The van der Waals surface area contributed by atoms with Gasteiger partial charge in [-0.05, 0) is 66.6 Å². The first-order valence-electron chi connectivity index (χ1n) is 9.39. The molecule has 0 heterocycles. The fraction of sp³-hybridized carbons (Fsp3) is 0.125. The lowest BCUT2D eigenvalue weighted by Gasteiger charge is -2.09. The second kappa shape index (κ2) is 9.89. The molecule has 0 unspecified atom stereocenters. The first-order valence-corrected chi connectivity index (χ1v) is 9.39. The predicted molar refractivity (Wildman–Crippen MR) is 113 cm³/mol. The van der Waals surface area contributed by atoms with Crippen molar-refractivity contribution >= 4 is 17.6 Å². The molecule has 6 heteroatoms. The van der Waals surface area contributed by atoms with Crippen molar-refractivity contribution < 1.29 is 19.1 Å². The van der Waals surface area contributed by atoms with E-state index in [9.17, 15) is 9.59 Å². The third-order valence-corrected chi connectivity index (χ3v) is 4.25. The third kappa shape index (κ3) is 5.46. The summed E-state index contributed by atoms with van der Waals surface area (Å²) in [6.07, 6.45) is 0. The van der Waals surface area contributed by atoms with E-state index in [-0.39, 0.29) is 12.5 Å². The highest BCUT2D eigenvalue weighted by Crippen LogP contribution is 2.23. The highest BCUT2D eigenvalue weighted by atomic mass is 16.5. The molecular formula is C24H20N2O4. The number of hydrogen-bond donors (Lipinski definition) is 1. The molecule has 0 aliphatic rings. The van der Waals surface area contributed by atoms with Crippen molar-refractivity contribution in [2.24, 2.45) is 0 Å². The van der Waals surface area contributed by atoms with Crippen LogP contribution in [0.15, 0.2) is 72.8 Å². The topological polar surface area (TPSA) is 88.4 Å². The van der Waals surface area contributed by atoms with E-state index in [0.29, 0.717) is 29.2 Å². The number of ether oxygens (including phenoxy) is 2. The van der Waals surface area contributed by atoms with E-state index in [1.54, 1.807) is 55.5 Å². The van der Waals surface area contributed by atoms with Crippen molar-refractivity contribution in [3.05, 3.63) is 83.9 Å². The monoisotopic (exact) mass is 400 g/mol. The van der Waals surface area contributed by atoms with Crippen molar-refractivity contribution in [1.82, 2.24) is 0 Å². The number of carbonyl (C=O) groups excluding carboxylic acids is 2. The van der Waals surface area contributed by atoms with E-state index >= 15 is 0 Å². The summed E-state index contributed by atoms with van der Waals surface area (Å²) in [4.78, 5) is 23.7. The van der Waals surface area contributed by atoms with Gasteiger partial charge in [-0.15, -0.1) is 0 Å². The van der Waals surface area contributed by atoms with Crippen LogP contribution in [0.2, 0.25) is 0 Å². The van der Waals surface area contributed by atoms with Crippen LogP contribution in [0, 0.1) is 11.3 Å². The second-order valence-electron chi connectivity index (χ2n) is 6.35. The second-order valence-corrected chi connectivity index (χ2v) is 6.35. The maximum Gasteiger partial charge on any atom is 0.338 e. The highest BCUT2D eigenvalue weighted by molar-refractivity contribution is 5.93. The lowest BCUT2D eigenvalue weighted by molar-refractivity contribution is -0.118. The van der Waals surface area contributed by atoms with Crippen LogP contribution in [0.1, 0.15) is 22.8 Å². The van der Waals surface area contributed by atoms with Crippen molar-refractivity contribution in [3.63, 3.8) is 0 Å². The van der Waals surface area contributed by atoms with Gasteiger partial charge in [0.25, 0.3) is 5.91 Å². The molecule has 0 saturated heterocycles. The molecule has 0 fully saturated rings. The molecule has 3 aromatic carbocycles. The quantitative estimate of drug-likeness (QED) is 0.593. The summed E-state index contributed by atoms with van der Waals surface area (Å²) in [5.41, 5.74) is 3.57. The predicted octanol–water partition coefficient (Wildman–Crippen LogP) is 4.42. The minimum absolute atomic E-state index is 0.143. The Balaban J connectivity index is 1.52. The number of nitrogens with zero attached hydrogens (tertiary/aromatic N) is 1. The number of nitriles is 1. The molecule has 1 amide bonds. The number of amides is 1. The Labute approximate surface area is 174 Å². The fourth-order valence-electron chi connectivity index (χ4n) is 2.73. The summed E-state index contributed by atoms with van der Waals surface area (Å²) in [5, 5.41) is 11.6. The number of anilines is 1. The average molecular weight is 400 g/mol. The number of carbonyl (C=O) groups is 2. The van der Waals surface area contributed by atoms with Crippen molar-refractivity contribution in [2.75, 3.05) is 18.5 Å². The van der Waals surface area contributed by atoms with Gasteiger partial charge < -0.3 is 14.8 Å². The van der Waals surface area contributed by atoms with Gasteiger partial charge in [-0.1, -0.05) is 24.3 Å². The molecule has 0 aromatic heterocycles. The van der Waals surface area contributed by atoms with E-state index in [1.807, 2.05) is 24.3 Å². The Morgan fingerprint density at radius 1 is 0.900 bits per heavy atom. The zero-order chi connectivity index (χ0) is 21.3. The van der Waals surface area contributed by atoms with Crippen LogP contribution in [-0.2, 0) is 9.53 Å². The van der Waals surface area contributed by atoms with Crippen molar-refractivity contribution in [3.8, 4) is 22.9 Å². The number of benzene rings is 3. The molecule has 3 rings (SSSR count). The van der Waals surface area contributed by atoms with Crippen LogP contribution in [0.5, 0.6) is 5.75 Å². The molecule has 6 nitrogen and oxygen atoms in total. The SMILES string of the molecule is CCOC(=O)c1ccc(NC(=O)COc2ccc(-c3ccc(C#N)cc3)cc2)cc1. The molecule has 150 valence electrons. The molecular weight excluding hydrogens is 380 g/mol. The number of hydrogen-bond acceptors (Lipinski definition) is 5. The summed E-state index contributed by atoms with van der Waals surface area (Å²) < 4.78 is 10.5. The Hall–Kier alpha value is -4.11. The molecule has 0 saturated carbocycles. The van der Waals surface area contributed by atoms with E-state index in [1.165, 1.54) is 0 Å². The summed E-state index contributed by atoms with van der Waals surface area (Å²) in [7, 11) is 0. The first kappa shape index (κ1) is 20.6. The largest absolute Gasteiger partial charge is 0.484 e. The Kier molecular flexibility index (Phi) is 6.80. The lowest BCUT2D eigenvalue weighted by Crippen LogP contribution is -2.20. The smallest absolute Gasteiger partial charge is 0.338 e. The highest BCUT2D eigenvalue weighted by Gasteiger charge is 2.08. The summed E-state index contributed by atoms with van der Waals surface area (Å²) >= 11 is 0. The van der Waals surface area contributed by atoms with E-state index in [2.05, 4.69) is 11.4 Å². The number of esters is 1. The normalized spacial score (nSPS) is 10.0. The average Bonchev–Trinajstić information content (AvgIpc) is 2.79. The minimum Gasteiger partial charge on any atom is -0.484 e.